The van der Waals surface area contributed by atoms with E-state index in [1.807, 2.05) is 0 Å². The average Bonchev–Trinajstić information content (AvgIpc) is 2.59. The monoisotopic (exact) mass is 325 g/mol. The van der Waals surface area contributed by atoms with Crippen LogP contribution in [0.3, 0.4) is 0 Å². The van der Waals surface area contributed by atoms with Gasteiger partial charge in [0.25, 0.3) is 0 Å². The molecule has 0 saturated carbocycles. The standard InChI is InChI=1S/C21H43NO/c1-4-7-8-9-10-11-12-13-14-15-16-17-18-19-20-21(5-2,6-3)22-23/h4-20H2,1-3H3. The van der Waals surface area contributed by atoms with Crippen molar-refractivity contribution in [1.29, 1.82) is 0 Å². The van der Waals surface area contributed by atoms with Crippen LogP contribution in [0.25, 0.3) is 0 Å². The minimum atomic E-state index is -0.267. The summed E-state index contributed by atoms with van der Waals surface area (Å²) in [6.45, 7) is 6.46. The van der Waals surface area contributed by atoms with E-state index >= 15 is 0 Å². The second-order valence-corrected chi connectivity index (χ2v) is 7.37. The predicted octanol–water partition coefficient (Wildman–Crippen LogP) is 8.18. The summed E-state index contributed by atoms with van der Waals surface area (Å²) in [6, 6.07) is 0. The fourth-order valence-electron chi connectivity index (χ4n) is 3.43. The topological polar surface area (TPSA) is 29.4 Å². The Labute approximate surface area is 146 Å². The number of nitroso groups, excluding NO2 is 1. The van der Waals surface area contributed by atoms with Crippen LogP contribution in [0, 0.1) is 4.91 Å². The highest BCUT2D eigenvalue weighted by atomic mass is 16.3. The zero-order valence-electron chi connectivity index (χ0n) is 16.4. The van der Waals surface area contributed by atoms with Crippen LogP contribution in [0.2, 0.25) is 0 Å². The summed E-state index contributed by atoms with van der Waals surface area (Å²) in [4.78, 5) is 11.0. The minimum absolute atomic E-state index is 0.267. The SMILES string of the molecule is CCCCCCCCCCCCCCCCC(CC)(CC)N=O. The molecule has 0 atom stereocenters. The number of nitrogens with zero attached hydrogens (tertiary/aromatic N) is 1. The molecule has 0 spiro atoms. The van der Waals surface area contributed by atoms with Crippen molar-refractivity contribution in [1.82, 2.24) is 0 Å². The van der Waals surface area contributed by atoms with E-state index in [0.717, 1.165) is 19.3 Å². The molecule has 23 heavy (non-hydrogen) atoms. The molecule has 0 amide bonds. The summed E-state index contributed by atoms with van der Waals surface area (Å²) in [6.07, 6.45) is 22.1. The predicted molar refractivity (Wildman–Crippen MR) is 104 cm³/mol. The van der Waals surface area contributed by atoms with E-state index in [-0.39, 0.29) is 5.54 Å². The van der Waals surface area contributed by atoms with Gasteiger partial charge in [-0.15, -0.1) is 0 Å². The summed E-state index contributed by atoms with van der Waals surface area (Å²) in [5.41, 5.74) is -0.267. The molecule has 0 N–H and O–H groups in total. The Bertz CT molecular complexity index is 248. The summed E-state index contributed by atoms with van der Waals surface area (Å²) >= 11 is 0. The van der Waals surface area contributed by atoms with Crippen molar-refractivity contribution in [3.8, 4) is 0 Å². The zero-order chi connectivity index (χ0) is 17.2. The summed E-state index contributed by atoms with van der Waals surface area (Å²) in [5.74, 6) is 0. The van der Waals surface area contributed by atoms with Crippen molar-refractivity contribution in [3.63, 3.8) is 0 Å². The lowest BCUT2D eigenvalue weighted by Crippen LogP contribution is -2.23. The van der Waals surface area contributed by atoms with Gasteiger partial charge < -0.3 is 0 Å². The molecule has 2 heteroatoms. The van der Waals surface area contributed by atoms with E-state index < -0.39 is 0 Å². The molecule has 0 rings (SSSR count). The van der Waals surface area contributed by atoms with Gasteiger partial charge in [-0.2, -0.15) is 4.91 Å². The van der Waals surface area contributed by atoms with Crippen LogP contribution in [0.5, 0.6) is 0 Å². The molecule has 0 aromatic heterocycles. The largest absolute Gasteiger partial charge is 0.150 e. The fraction of sp³-hybridized carbons (Fsp3) is 1.00. The lowest BCUT2D eigenvalue weighted by atomic mass is 9.88. The number of hydrogen-bond donors (Lipinski definition) is 0. The van der Waals surface area contributed by atoms with Crippen LogP contribution in [0.4, 0.5) is 0 Å². The molecular weight excluding hydrogens is 282 g/mol. The Morgan fingerprint density at radius 2 is 0.913 bits per heavy atom. The minimum Gasteiger partial charge on any atom is -0.150 e. The van der Waals surface area contributed by atoms with E-state index in [9.17, 15) is 4.91 Å². The Morgan fingerprint density at radius 1 is 0.565 bits per heavy atom. The summed E-state index contributed by atoms with van der Waals surface area (Å²) < 4.78 is 0. The van der Waals surface area contributed by atoms with E-state index in [0.29, 0.717) is 0 Å². The quantitative estimate of drug-likeness (QED) is 0.184. The van der Waals surface area contributed by atoms with Crippen LogP contribution < -0.4 is 0 Å². The molecule has 0 heterocycles. The zero-order valence-corrected chi connectivity index (χ0v) is 16.4. The first kappa shape index (κ1) is 22.6. The molecule has 0 fully saturated rings. The van der Waals surface area contributed by atoms with Crippen LogP contribution in [-0.4, -0.2) is 5.54 Å². The lowest BCUT2D eigenvalue weighted by molar-refractivity contribution is 0.350. The number of unbranched alkanes of at least 4 members (excludes halogenated alkanes) is 13. The highest BCUT2D eigenvalue weighted by Gasteiger charge is 2.26. The van der Waals surface area contributed by atoms with E-state index in [1.54, 1.807) is 0 Å². The third kappa shape index (κ3) is 12.7. The van der Waals surface area contributed by atoms with Gasteiger partial charge in [0.2, 0.25) is 0 Å². The second kappa shape index (κ2) is 16.5. The van der Waals surface area contributed by atoms with Gasteiger partial charge >= 0.3 is 0 Å². The molecule has 0 aliphatic rings. The van der Waals surface area contributed by atoms with Gasteiger partial charge in [-0.3, -0.25) is 0 Å². The molecule has 0 saturated heterocycles. The molecule has 0 bridgehead atoms. The van der Waals surface area contributed by atoms with Gasteiger partial charge in [0.15, 0.2) is 0 Å². The van der Waals surface area contributed by atoms with Gasteiger partial charge in [0.05, 0.1) is 0 Å². The maximum absolute atomic E-state index is 11.0. The van der Waals surface area contributed by atoms with Gasteiger partial charge in [-0.05, 0) is 19.3 Å². The first-order valence-corrected chi connectivity index (χ1v) is 10.6. The van der Waals surface area contributed by atoms with Crippen LogP contribution in [0.1, 0.15) is 130 Å². The van der Waals surface area contributed by atoms with E-state index in [4.69, 9.17) is 0 Å². The molecule has 0 aliphatic heterocycles. The highest BCUT2D eigenvalue weighted by Crippen LogP contribution is 2.27. The first-order valence-electron chi connectivity index (χ1n) is 10.6. The smallest absolute Gasteiger partial charge is 0.102 e. The molecule has 0 aromatic carbocycles. The van der Waals surface area contributed by atoms with Gasteiger partial charge in [0.1, 0.15) is 5.54 Å². The van der Waals surface area contributed by atoms with Crippen LogP contribution >= 0.6 is 0 Å². The molecule has 0 aromatic rings. The average molecular weight is 326 g/mol. The van der Waals surface area contributed by atoms with E-state index in [2.05, 4.69) is 25.9 Å². The van der Waals surface area contributed by atoms with Gasteiger partial charge in [-0.1, -0.05) is 116 Å². The maximum Gasteiger partial charge on any atom is 0.102 e. The lowest BCUT2D eigenvalue weighted by Gasteiger charge is -2.22. The molecular formula is C21H43NO. The van der Waals surface area contributed by atoms with Crippen molar-refractivity contribution in [2.75, 3.05) is 0 Å². The van der Waals surface area contributed by atoms with Crippen LogP contribution in [0.15, 0.2) is 5.18 Å². The third-order valence-electron chi connectivity index (χ3n) is 5.51. The van der Waals surface area contributed by atoms with Crippen molar-refractivity contribution in [2.24, 2.45) is 5.18 Å². The number of hydrogen-bond acceptors (Lipinski definition) is 2. The van der Waals surface area contributed by atoms with Crippen molar-refractivity contribution in [2.45, 2.75) is 135 Å². The molecule has 0 radical (unpaired) electrons. The summed E-state index contributed by atoms with van der Waals surface area (Å²) in [5, 5.41) is 3.41. The molecule has 0 unspecified atom stereocenters. The highest BCUT2D eigenvalue weighted by molar-refractivity contribution is 4.84. The Kier molecular flexibility index (Phi) is 16.2. The van der Waals surface area contributed by atoms with Crippen LogP contribution in [-0.2, 0) is 0 Å². The Hall–Kier alpha value is -0.400. The third-order valence-corrected chi connectivity index (χ3v) is 5.51. The normalized spacial score (nSPS) is 11.8. The van der Waals surface area contributed by atoms with Gasteiger partial charge in [0, 0.05) is 0 Å². The molecule has 2 nitrogen and oxygen atoms in total. The van der Waals surface area contributed by atoms with E-state index in [1.165, 1.54) is 89.9 Å². The second-order valence-electron chi connectivity index (χ2n) is 7.37. The Morgan fingerprint density at radius 3 is 1.22 bits per heavy atom. The maximum atomic E-state index is 11.0. The van der Waals surface area contributed by atoms with Gasteiger partial charge in [-0.25, -0.2) is 0 Å². The first-order chi connectivity index (χ1) is 11.2. The Balaban J connectivity index is 3.26. The fourth-order valence-corrected chi connectivity index (χ4v) is 3.43. The molecule has 0 aliphatic carbocycles. The molecule has 138 valence electrons. The summed E-state index contributed by atoms with van der Waals surface area (Å²) in [7, 11) is 0. The number of rotatable bonds is 18. The van der Waals surface area contributed by atoms with Crippen molar-refractivity contribution < 1.29 is 0 Å². The van der Waals surface area contributed by atoms with Crippen molar-refractivity contribution >= 4 is 0 Å². The van der Waals surface area contributed by atoms with Crippen molar-refractivity contribution in [3.05, 3.63) is 4.91 Å².